The maximum absolute atomic E-state index is 2.46. The van der Waals surface area contributed by atoms with Gasteiger partial charge < -0.3 is 4.90 Å². The van der Waals surface area contributed by atoms with E-state index in [0.717, 1.165) is 17.8 Å². The fourth-order valence-electron chi connectivity index (χ4n) is 9.56. The number of fused-ring (bicyclic) bond motifs is 6. The molecule has 0 bridgehead atoms. The number of benzene rings is 10. The Bertz CT molecular complexity index is 3230. The van der Waals surface area contributed by atoms with Gasteiger partial charge in [-0.05, 0) is 120 Å². The Balaban J connectivity index is 0.987. The van der Waals surface area contributed by atoms with Gasteiger partial charge in [0.2, 0.25) is 0 Å². The van der Waals surface area contributed by atoms with Crippen LogP contribution in [0.25, 0.3) is 71.4 Å². The molecule has 10 aromatic rings. The van der Waals surface area contributed by atoms with Crippen LogP contribution in [0.3, 0.4) is 0 Å². The molecule has 0 heterocycles. The highest BCUT2D eigenvalue weighted by Crippen LogP contribution is 2.48. The lowest BCUT2D eigenvalue weighted by Crippen LogP contribution is -2.30. The van der Waals surface area contributed by atoms with E-state index in [-0.39, 0.29) is 5.41 Å². The van der Waals surface area contributed by atoms with Crippen LogP contribution in [-0.4, -0.2) is 0 Å². The molecule has 0 aliphatic heterocycles. The van der Waals surface area contributed by atoms with Gasteiger partial charge in [0.1, 0.15) is 0 Å². The average Bonchev–Trinajstić information content (AvgIpc) is 3.33. The highest BCUT2D eigenvalue weighted by atomic mass is 15.2. The number of anilines is 2. The Labute approximate surface area is 352 Å². The van der Waals surface area contributed by atoms with Crippen LogP contribution in [-0.2, 0) is 5.41 Å². The zero-order valence-electron chi connectivity index (χ0n) is 33.6. The van der Waals surface area contributed by atoms with E-state index >= 15 is 0 Å². The fraction of sp³-hybridized carbons (Fsp3) is 0.0508. The SMILES string of the molecule is CC1(c2ccccc2)CC=C(N(c2ccc(-c3cccc(-c4ccc5ccc6c7ccccc7ccc6c5c4)c3)cc2)c2cccc(-c3ccccc3)c2)c2ccccc21. The van der Waals surface area contributed by atoms with E-state index in [4.69, 9.17) is 0 Å². The third-order valence-electron chi connectivity index (χ3n) is 12.8. The van der Waals surface area contributed by atoms with E-state index in [0.29, 0.717) is 0 Å². The second kappa shape index (κ2) is 14.7. The predicted molar refractivity (Wildman–Crippen MR) is 256 cm³/mol. The first-order chi connectivity index (χ1) is 29.6. The van der Waals surface area contributed by atoms with Gasteiger partial charge in [-0.25, -0.2) is 0 Å². The standard InChI is InChI=1S/C59H43N/c1-59(49-20-6-3-7-21-49)37-36-58(55-24-10-11-25-57(55)59)60(51-22-13-19-47(39-51)41-14-4-2-5-15-41)50-32-28-42(29-33-50)45-17-12-18-46(38-45)48-27-26-44-31-34-53-52-23-9-8-16-43(52)30-35-54(53)56(44)40-48/h2-36,38-40H,37H2,1H3. The minimum absolute atomic E-state index is 0.139. The van der Waals surface area contributed by atoms with Gasteiger partial charge in [-0.1, -0.05) is 201 Å². The summed E-state index contributed by atoms with van der Waals surface area (Å²) in [7, 11) is 0. The number of nitrogens with zero attached hydrogens (tertiary/aromatic N) is 1. The summed E-state index contributed by atoms with van der Waals surface area (Å²) >= 11 is 0. The summed E-state index contributed by atoms with van der Waals surface area (Å²) in [5.41, 5.74) is 14.5. The molecular formula is C59H43N. The van der Waals surface area contributed by atoms with Crippen LogP contribution in [0.15, 0.2) is 231 Å². The second-order valence-electron chi connectivity index (χ2n) is 16.3. The van der Waals surface area contributed by atoms with Crippen LogP contribution in [0.2, 0.25) is 0 Å². The minimum atomic E-state index is -0.139. The summed E-state index contributed by atoms with van der Waals surface area (Å²) in [6, 6.07) is 82.4. The lowest BCUT2D eigenvalue weighted by atomic mass is 9.69. The molecule has 0 saturated carbocycles. The summed E-state index contributed by atoms with van der Waals surface area (Å²) in [4.78, 5) is 2.46. The van der Waals surface area contributed by atoms with Gasteiger partial charge >= 0.3 is 0 Å². The number of rotatable bonds is 7. The first-order valence-electron chi connectivity index (χ1n) is 21.0. The van der Waals surface area contributed by atoms with Gasteiger partial charge in [-0.2, -0.15) is 0 Å². The predicted octanol–water partition coefficient (Wildman–Crippen LogP) is 16.0. The summed E-state index contributed by atoms with van der Waals surface area (Å²) in [6.45, 7) is 2.39. The van der Waals surface area contributed by atoms with Crippen molar-refractivity contribution >= 4 is 49.4 Å². The van der Waals surface area contributed by atoms with Crippen molar-refractivity contribution in [2.24, 2.45) is 0 Å². The van der Waals surface area contributed by atoms with E-state index in [1.807, 2.05) is 0 Å². The Hall–Kier alpha value is -7.48. The lowest BCUT2D eigenvalue weighted by Gasteiger charge is -2.39. The minimum Gasteiger partial charge on any atom is -0.310 e. The summed E-state index contributed by atoms with van der Waals surface area (Å²) in [5.74, 6) is 0. The first kappa shape index (κ1) is 35.7. The molecular weight excluding hydrogens is 723 g/mol. The highest BCUT2D eigenvalue weighted by Gasteiger charge is 2.35. The molecule has 0 fully saturated rings. The summed E-state index contributed by atoms with van der Waals surface area (Å²) in [5, 5.41) is 7.69. The van der Waals surface area contributed by atoms with Crippen molar-refractivity contribution in [2.45, 2.75) is 18.8 Å². The topological polar surface area (TPSA) is 3.24 Å². The number of allylic oxidation sites excluding steroid dienone is 1. The highest BCUT2D eigenvalue weighted by molar-refractivity contribution is 6.17. The van der Waals surface area contributed by atoms with Crippen molar-refractivity contribution in [1.29, 1.82) is 0 Å². The maximum atomic E-state index is 2.46. The van der Waals surface area contributed by atoms with Gasteiger partial charge in [-0.15, -0.1) is 0 Å². The Morgan fingerprint density at radius 2 is 0.917 bits per heavy atom. The molecule has 1 aliphatic rings. The van der Waals surface area contributed by atoms with Crippen LogP contribution >= 0.6 is 0 Å². The zero-order valence-corrected chi connectivity index (χ0v) is 33.6. The average molecular weight is 766 g/mol. The molecule has 0 saturated heterocycles. The first-order valence-corrected chi connectivity index (χ1v) is 21.0. The molecule has 0 spiro atoms. The van der Waals surface area contributed by atoms with Gasteiger partial charge in [0.25, 0.3) is 0 Å². The molecule has 1 aliphatic carbocycles. The van der Waals surface area contributed by atoms with Crippen LogP contribution in [0.4, 0.5) is 11.4 Å². The molecule has 11 rings (SSSR count). The van der Waals surface area contributed by atoms with Crippen molar-refractivity contribution in [3.8, 4) is 33.4 Å². The van der Waals surface area contributed by atoms with Gasteiger partial charge in [-0.3, -0.25) is 0 Å². The van der Waals surface area contributed by atoms with E-state index in [2.05, 4.69) is 242 Å². The third-order valence-corrected chi connectivity index (χ3v) is 12.8. The van der Waals surface area contributed by atoms with Crippen molar-refractivity contribution in [3.05, 3.63) is 247 Å². The van der Waals surface area contributed by atoms with Crippen LogP contribution < -0.4 is 4.90 Å². The van der Waals surface area contributed by atoms with Gasteiger partial charge in [0.15, 0.2) is 0 Å². The van der Waals surface area contributed by atoms with Crippen molar-refractivity contribution in [1.82, 2.24) is 0 Å². The molecule has 1 atom stereocenters. The molecule has 284 valence electrons. The number of hydrogen-bond acceptors (Lipinski definition) is 1. The lowest BCUT2D eigenvalue weighted by molar-refractivity contribution is 0.572. The van der Waals surface area contributed by atoms with E-state index in [1.54, 1.807) is 0 Å². The third kappa shape index (κ3) is 6.19. The van der Waals surface area contributed by atoms with Gasteiger partial charge in [0, 0.05) is 28.1 Å². The van der Waals surface area contributed by atoms with Crippen molar-refractivity contribution < 1.29 is 0 Å². The Morgan fingerprint density at radius 1 is 0.367 bits per heavy atom. The van der Waals surface area contributed by atoms with Crippen molar-refractivity contribution in [3.63, 3.8) is 0 Å². The number of hydrogen-bond donors (Lipinski definition) is 0. The molecule has 0 N–H and O–H groups in total. The largest absolute Gasteiger partial charge is 0.310 e. The quantitative estimate of drug-likeness (QED) is 0.146. The maximum Gasteiger partial charge on any atom is 0.0497 e. The molecule has 0 amide bonds. The van der Waals surface area contributed by atoms with E-state index in [9.17, 15) is 0 Å². The smallest absolute Gasteiger partial charge is 0.0497 e. The fourth-order valence-corrected chi connectivity index (χ4v) is 9.56. The molecule has 0 aromatic heterocycles. The molecule has 10 aromatic carbocycles. The van der Waals surface area contributed by atoms with Crippen LogP contribution in [0.1, 0.15) is 30.0 Å². The summed E-state index contributed by atoms with van der Waals surface area (Å²) < 4.78 is 0. The molecule has 0 radical (unpaired) electrons. The summed E-state index contributed by atoms with van der Waals surface area (Å²) in [6.07, 6.45) is 3.35. The van der Waals surface area contributed by atoms with Crippen LogP contribution in [0.5, 0.6) is 0 Å². The molecule has 1 nitrogen and oxygen atoms in total. The normalized spacial score (nSPS) is 14.8. The second-order valence-corrected chi connectivity index (χ2v) is 16.3. The van der Waals surface area contributed by atoms with E-state index in [1.165, 1.54) is 88.1 Å². The zero-order chi connectivity index (χ0) is 40.0. The van der Waals surface area contributed by atoms with Crippen LogP contribution in [0, 0.1) is 0 Å². The van der Waals surface area contributed by atoms with E-state index < -0.39 is 0 Å². The Kier molecular flexibility index (Phi) is 8.75. The monoisotopic (exact) mass is 765 g/mol. The van der Waals surface area contributed by atoms with Gasteiger partial charge in [0.05, 0.1) is 0 Å². The molecule has 60 heavy (non-hydrogen) atoms. The molecule has 1 heteroatoms. The molecule has 1 unspecified atom stereocenters. The Morgan fingerprint density at radius 3 is 1.72 bits per heavy atom. The van der Waals surface area contributed by atoms with Crippen molar-refractivity contribution in [2.75, 3.05) is 4.90 Å².